The van der Waals surface area contributed by atoms with Gasteiger partial charge in [0.2, 0.25) is 5.54 Å². The predicted octanol–water partition coefficient (Wildman–Crippen LogP) is 4.65. The molecule has 0 bridgehead atoms. The topological polar surface area (TPSA) is 79.6 Å². The molecular weight excluding hydrogens is 461 g/mol. The first-order valence-corrected chi connectivity index (χ1v) is 10.5. The number of ketones is 1. The van der Waals surface area contributed by atoms with Crippen molar-refractivity contribution in [2.75, 3.05) is 0 Å². The molecular formula is C23H20ClF3N2O4. The number of hydrogen-bond donors (Lipinski definition) is 1. The number of nitrogens with zero attached hydrogens (tertiary/aromatic N) is 1. The monoisotopic (exact) mass is 480 g/mol. The Hall–Kier alpha value is -3.07. The van der Waals surface area contributed by atoms with E-state index in [-0.39, 0.29) is 41.4 Å². The Kier molecular flexibility index (Phi) is 5.43. The van der Waals surface area contributed by atoms with Gasteiger partial charge >= 0.3 is 6.18 Å². The summed E-state index contributed by atoms with van der Waals surface area (Å²) < 4.78 is 49.3. The molecule has 2 aliphatic rings. The minimum atomic E-state index is -5.28. The van der Waals surface area contributed by atoms with E-state index >= 15 is 0 Å². The molecule has 2 amide bonds. The van der Waals surface area contributed by atoms with Crippen molar-refractivity contribution in [3.05, 3.63) is 70.3 Å². The lowest BCUT2D eigenvalue weighted by Gasteiger charge is -2.35. The summed E-state index contributed by atoms with van der Waals surface area (Å²) in [5, 5.41) is 2.16. The van der Waals surface area contributed by atoms with Gasteiger partial charge in [-0.25, -0.2) is 0 Å². The number of rotatable bonds is 4. The average Bonchev–Trinajstić information content (AvgIpc) is 3.29. The Balaban J connectivity index is 1.86. The van der Waals surface area contributed by atoms with Gasteiger partial charge in [0.05, 0.1) is 18.4 Å². The van der Waals surface area contributed by atoms with E-state index in [0.29, 0.717) is 0 Å². The Morgan fingerprint density at radius 3 is 2.39 bits per heavy atom. The first-order valence-electron chi connectivity index (χ1n) is 10.1. The van der Waals surface area contributed by atoms with Crippen LogP contribution in [0.4, 0.5) is 13.2 Å². The van der Waals surface area contributed by atoms with E-state index < -0.39 is 40.3 Å². The highest BCUT2D eigenvalue weighted by atomic mass is 35.5. The van der Waals surface area contributed by atoms with Gasteiger partial charge in [-0.1, -0.05) is 25.4 Å². The maximum Gasteiger partial charge on any atom is 0.425 e. The Bertz CT molecular complexity index is 1150. The number of halogens is 4. The quantitative estimate of drug-likeness (QED) is 0.691. The smallest absolute Gasteiger partial charge is 0.425 e. The second-order valence-electron chi connectivity index (χ2n) is 8.94. The Morgan fingerprint density at radius 1 is 1.15 bits per heavy atom. The summed E-state index contributed by atoms with van der Waals surface area (Å²) >= 11 is 5.80. The molecule has 0 fully saturated rings. The van der Waals surface area contributed by atoms with Crippen molar-refractivity contribution in [3.63, 3.8) is 0 Å². The van der Waals surface area contributed by atoms with Gasteiger partial charge in [0.15, 0.2) is 5.78 Å². The number of allylic oxidation sites excluding steroid dienone is 1. The number of furan rings is 1. The second-order valence-corrected chi connectivity index (χ2v) is 9.38. The van der Waals surface area contributed by atoms with Gasteiger partial charge in [0.25, 0.3) is 11.8 Å². The van der Waals surface area contributed by atoms with E-state index in [0.717, 1.165) is 4.90 Å². The van der Waals surface area contributed by atoms with Crippen molar-refractivity contribution in [1.82, 2.24) is 10.2 Å². The molecule has 1 N–H and O–H groups in total. The third kappa shape index (κ3) is 3.84. The molecule has 1 aromatic carbocycles. The summed E-state index contributed by atoms with van der Waals surface area (Å²) in [5.74, 6) is -3.18. The molecule has 174 valence electrons. The zero-order valence-electron chi connectivity index (χ0n) is 17.8. The van der Waals surface area contributed by atoms with Crippen LogP contribution < -0.4 is 5.32 Å². The van der Waals surface area contributed by atoms with E-state index in [9.17, 15) is 27.6 Å². The molecule has 4 rings (SSSR count). The SMILES string of the molecule is CC1(C)CC(=O)C2=C(C1)N(Cc1ccco1)C(=O)[C@]2(NC(=O)c1ccc(Cl)cc1)C(F)(F)F. The summed E-state index contributed by atoms with van der Waals surface area (Å²) in [6.07, 6.45) is -4.08. The molecule has 2 heterocycles. The van der Waals surface area contributed by atoms with Gasteiger partial charge in [-0.15, -0.1) is 0 Å². The minimum Gasteiger partial charge on any atom is -0.467 e. The molecule has 33 heavy (non-hydrogen) atoms. The fourth-order valence-electron chi connectivity index (χ4n) is 4.40. The first kappa shape index (κ1) is 23.1. The molecule has 1 aliphatic carbocycles. The largest absolute Gasteiger partial charge is 0.467 e. The summed E-state index contributed by atoms with van der Waals surface area (Å²) in [4.78, 5) is 40.3. The van der Waals surface area contributed by atoms with Crippen LogP contribution in [0, 0.1) is 5.41 Å². The molecule has 1 aliphatic heterocycles. The molecule has 10 heteroatoms. The van der Waals surface area contributed by atoms with Crippen molar-refractivity contribution < 1.29 is 32.0 Å². The molecule has 2 aromatic rings. The molecule has 0 radical (unpaired) electrons. The van der Waals surface area contributed by atoms with Crippen molar-refractivity contribution in [2.45, 2.75) is 44.9 Å². The van der Waals surface area contributed by atoms with Crippen LogP contribution in [0.3, 0.4) is 0 Å². The maximum absolute atomic E-state index is 14.7. The van der Waals surface area contributed by atoms with Crippen molar-refractivity contribution in [1.29, 1.82) is 0 Å². The van der Waals surface area contributed by atoms with Gasteiger partial charge in [-0.2, -0.15) is 13.2 Å². The van der Waals surface area contributed by atoms with E-state index in [4.69, 9.17) is 16.0 Å². The zero-order chi connectivity index (χ0) is 24.2. The molecule has 1 atom stereocenters. The molecule has 0 spiro atoms. The molecule has 0 saturated heterocycles. The summed E-state index contributed by atoms with van der Waals surface area (Å²) in [5.41, 5.74) is -5.08. The number of benzene rings is 1. The molecule has 0 unspecified atom stereocenters. The van der Waals surface area contributed by atoms with E-state index in [1.165, 1.54) is 36.6 Å². The Morgan fingerprint density at radius 2 is 1.82 bits per heavy atom. The fourth-order valence-corrected chi connectivity index (χ4v) is 4.52. The highest BCUT2D eigenvalue weighted by Crippen LogP contribution is 2.52. The Labute approximate surface area is 192 Å². The van der Waals surface area contributed by atoms with Crippen LogP contribution in [0.25, 0.3) is 0 Å². The summed E-state index contributed by atoms with van der Waals surface area (Å²) in [6, 6.07) is 8.22. The third-order valence-electron chi connectivity index (χ3n) is 5.85. The summed E-state index contributed by atoms with van der Waals surface area (Å²) in [7, 11) is 0. The first-order chi connectivity index (χ1) is 15.4. The fraction of sp³-hybridized carbons (Fsp3) is 0.348. The van der Waals surface area contributed by atoms with E-state index in [1.54, 1.807) is 19.9 Å². The number of amides is 2. The van der Waals surface area contributed by atoms with Gasteiger partial charge in [0, 0.05) is 22.7 Å². The predicted molar refractivity (Wildman–Crippen MR) is 112 cm³/mol. The average molecular weight is 481 g/mol. The van der Waals surface area contributed by atoms with Gasteiger partial charge in [-0.3, -0.25) is 14.4 Å². The van der Waals surface area contributed by atoms with Gasteiger partial charge in [-0.05, 0) is 48.2 Å². The minimum absolute atomic E-state index is 0.0496. The van der Waals surface area contributed by atoms with Crippen molar-refractivity contribution >= 4 is 29.2 Å². The standard InChI is InChI=1S/C23H20ClF3N2O4/c1-21(2)10-16-18(17(30)11-21)22(23(25,26)27,20(32)29(16)12-15-4-3-9-33-15)28-19(31)13-5-7-14(24)8-6-13/h3-9H,10-12H2,1-2H3,(H,28,31)/t22-/m0/s1. The van der Waals surface area contributed by atoms with Gasteiger partial charge in [0.1, 0.15) is 5.76 Å². The van der Waals surface area contributed by atoms with E-state index in [1.807, 2.05) is 5.32 Å². The number of alkyl halides is 3. The highest BCUT2D eigenvalue weighted by molar-refractivity contribution is 6.30. The molecule has 0 saturated carbocycles. The summed E-state index contributed by atoms with van der Waals surface area (Å²) in [6.45, 7) is 3.18. The number of nitrogens with one attached hydrogen (secondary N) is 1. The van der Waals surface area contributed by atoms with E-state index in [2.05, 4.69) is 0 Å². The lowest BCUT2D eigenvalue weighted by molar-refractivity contribution is -0.191. The van der Waals surface area contributed by atoms with Crippen LogP contribution in [-0.2, 0) is 16.1 Å². The number of Topliss-reactive ketones (excluding diaryl/α,β-unsaturated/α-hetero) is 1. The normalized spacial score (nSPS) is 22.5. The highest BCUT2D eigenvalue weighted by Gasteiger charge is 2.71. The number of hydrogen-bond acceptors (Lipinski definition) is 4. The molecule has 6 nitrogen and oxygen atoms in total. The molecule has 1 aromatic heterocycles. The van der Waals surface area contributed by atoms with Crippen LogP contribution in [-0.4, -0.2) is 34.2 Å². The van der Waals surface area contributed by atoms with Crippen molar-refractivity contribution in [2.24, 2.45) is 5.41 Å². The number of carbonyl (C=O) groups is 3. The zero-order valence-corrected chi connectivity index (χ0v) is 18.5. The lowest BCUT2D eigenvalue weighted by atomic mass is 9.72. The third-order valence-corrected chi connectivity index (χ3v) is 6.10. The van der Waals surface area contributed by atoms with Crippen LogP contribution in [0.15, 0.2) is 58.3 Å². The van der Waals surface area contributed by atoms with Crippen molar-refractivity contribution in [3.8, 4) is 0 Å². The van der Waals surface area contributed by atoms with Gasteiger partial charge < -0.3 is 14.6 Å². The number of carbonyl (C=O) groups excluding carboxylic acids is 3. The second kappa shape index (κ2) is 7.76. The van der Waals surface area contributed by atoms with Crippen LogP contribution >= 0.6 is 11.6 Å². The van der Waals surface area contributed by atoms with Crippen LogP contribution in [0.5, 0.6) is 0 Å². The van der Waals surface area contributed by atoms with Crippen LogP contribution in [0.1, 0.15) is 42.8 Å². The lowest BCUT2D eigenvalue weighted by Crippen LogP contribution is -2.66. The van der Waals surface area contributed by atoms with Crippen LogP contribution in [0.2, 0.25) is 5.02 Å². The maximum atomic E-state index is 14.7.